The zero-order valence-corrected chi connectivity index (χ0v) is 17.2. The summed E-state index contributed by atoms with van der Waals surface area (Å²) >= 11 is 0. The lowest BCUT2D eigenvalue weighted by molar-refractivity contribution is -0.117. The second-order valence-electron chi connectivity index (χ2n) is 8.78. The van der Waals surface area contributed by atoms with E-state index in [0.717, 1.165) is 47.0 Å². The Morgan fingerprint density at radius 1 is 1.06 bits per heavy atom. The molecule has 8 bridgehead atoms. The maximum atomic E-state index is 11.5. The van der Waals surface area contributed by atoms with Crippen molar-refractivity contribution in [2.45, 2.75) is 44.1 Å². The molecule has 6 nitrogen and oxygen atoms in total. The highest BCUT2D eigenvalue weighted by Gasteiger charge is 2.34. The van der Waals surface area contributed by atoms with Crippen LogP contribution >= 0.6 is 0 Å². The van der Waals surface area contributed by atoms with E-state index < -0.39 is 0 Å². The first kappa shape index (κ1) is 18.2. The van der Waals surface area contributed by atoms with Gasteiger partial charge in [-0.05, 0) is 72.9 Å². The van der Waals surface area contributed by atoms with Gasteiger partial charge in [-0.25, -0.2) is 0 Å². The molecule has 5 heterocycles. The number of primary amides is 1. The van der Waals surface area contributed by atoms with Crippen molar-refractivity contribution in [2.75, 3.05) is 0 Å². The number of H-pyrrole nitrogens is 3. The van der Waals surface area contributed by atoms with Crippen LogP contribution in [0.15, 0.2) is 47.0 Å². The fourth-order valence-corrected chi connectivity index (χ4v) is 5.16. The number of aromatic nitrogens is 3. The second-order valence-corrected chi connectivity index (χ2v) is 8.78. The van der Waals surface area contributed by atoms with Crippen molar-refractivity contribution in [3.05, 3.63) is 81.0 Å². The van der Waals surface area contributed by atoms with Crippen molar-refractivity contribution >= 4 is 23.8 Å². The summed E-state index contributed by atoms with van der Waals surface area (Å²) in [6.45, 7) is 0. The fourth-order valence-electron chi connectivity index (χ4n) is 5.16. The molecule has 1 saturated carbocycles. The number of aryl methyl sites for hydroxylation is 1. The average molecular weight is 412 g/mol. The van der Waals surface area contributed by atoms with E-state index in [0.29, 0.717) is 12.8 Å². The fraction of sp³-hybridized carbons (Fsp3) is 0.280. The van der Waals surface area contributed by atoms with E-state index in [9.17, 15) is 4.79 Å². The molecule has 31 heavy (non-hydrogen) atoms. The van der Waals surface area contributed by atoms with E-state index in [4.69, 9.17) is 10.7 Å². The SMILES string of the molecule is NC(=O)CCc1cc2[nH]c1C1CCC3=CC(C=c4ccc([nH]4)=Cc4ccc([nH]4)C2)N=C31. The van der Waals surface area contributed by atoms with Gasteiger partial charge in [-0.15, -0.1) is 0 Å². The number of aliphatic imine (C=N–C) groups is 1. The third kappa shape index (κ3) is 3.38. The molecule has 2 aliphatic heterocycles. The Morgan fingerprint density at radius 2 is 1.97 bits per heavy atom. The zero-order valence-electron chi connectivity index (χ0n) is 17.2. The van der Waals surface area contributed by atoms with Crippen LogP contribution in [0.1, 0.15) is 53.5 Å². The number of amides is 1. The van der Waals surface area contributed by atoms with Crippen LogP contribution in [0.25, 0.3) is 12.2 Å². The third-order valence-corrected chi connectivity index (χ3v) is 6.54. The summed E-state index contributed by atoms with van der Waals surface area (Å²) in [6.07, 6.45) is 10.5. The predicted octanol–water partition coefficient (Wildman–Crippen LogP) is 1.93. The minimum Gasteiger partial charge on any atom is -0.370 e. The second kappa shape index (κ2) is 7.01. The maximum absolute atomic E-state index is 11.5. The van der Waals surface area contributed by atoms with Crippen LogP contribution in [0.3, 0.4) is 0 Å². The molecule has 0 radical (unpaired) electrons. The predicted molar refractivity (Wildman–Crippen MR) is 121 cm³/mol. The normalized spacial score (nSPS) is 21.3. The van der Waals surface area contributed by atoms with Gasteiger partial charge in [0, 0.05) is 57.9 Å². The number of nitrogens with zero attached hydrogens (tertiary/aromatic N) is 1. The molecule has 3 aliphatic rings. The highest BCUT2D eigenvalue weighted by Crippen LogP contribution is 2.40. The lowest BCUT2D eigenvalue weighted by Gasteiger charge is -2.12. The van der Waals surface area contributed by atoms with Crippen LogP contribution in [-0.4, -0.2) is 32.6 Å². The van der Waals surface area contributed by atoms with E-state index in [1.165, 1.54) is 22.5 Å². The molecule has 0 spiro atoms. The van der Waals surface area contributed by atoms with Gasteiger partial charge in [0.15, 0.2) is 0 Å². The monoisotopic (exact) mass is 411 g/mol. The van der Waals surface area contributed by atoms with Crippen LogP contribution in [0, 0.1) is 0 Å². The molecule has 1 aliphatic carbocycles. The number of carbonyl (C=O) groups is 1. The minimum absolute atomic E-state index is 0.0628. The van der Waals surface area contributed by atoms with E-state index in [2.05, 4.69) is 63.5 Å². The summed E-state index contributed by atoms with van der Waals surface area (Å²) in [5, 5.41) is 2.15. The van der Waals surface area contributed by atoms with Crippen molar-refractivity contribution in [3.8, 4) is 0 Å². The Bertz CT molecular complexity index is 1360. The Balaban J connectivity index is 1.49. The molecule has 5 N–H and O–H groups in total. The maximum Gasteiger partial charge on any atom is 0.217 e. The molecule has 1 amide bonds. The van der Waals surface area contributed by atoms with Crippen LogP contribution < -0.4 is 16.4 Å². The molecule has 6 heteroatoms. The number of rotatable bonds is 3. The van der Waals surface area contributed by atoms with Crippen molar-refractivity contribution < 1.29 is 4.79 Å². The summed E-state index contributed by atoms with van der Waals surface area (Å²) in [5.41, 5.74) is 13.8. The van der Waals surface area contributed by atoms with Crippen LogP contribution in [0.5, 0.6) is 0 Å². The van der Waals surface area contributed by atoms with Crippen molar-refractivity contribution in [2.24, 2.45) is 10.7 Å². The lowest BCUT2D eigenvalue weighted by atomic mass is 9.96. The topological polar surface area (TPSA) is 103 Å². The summed E-state index contributed by atoms with van der Waals surface area (Å²) in [5.74, 6) is -0.0115. The van der Waals surface area contributed by atoms with Gasteiger partial charge in [0.2, 0.25) is 5.91 Å². The van der Waals surface area contributed by atoms with E-state index >= 15 is 0 Å². The summed E-state index contributed by atoms with van der Waals surface area (Å²) in [6, 6.07) is 10.7. The Labute approximate surface area is 179 Å². The number of hydrogen-bond acceptors (Lipinski definition) is 2. The highest BCUT2D eigenvalue weighted by atomic mass is 16.1. The number of fused-ring (bicyclic) bond motifs is 8. The van der Waals surface area contributed by atoms with Gasteiger partial charge < -0.3 is 20.7 Å². The van der Waals surface area contributed by atoms with Crippen molar-refractivity contribution in [1.29, 1.82) is 0 Å². The lowest BCUT2D eigenvalue weighted by Crippen LogP contribution is -2.14. The Morgan fingerprint density at radius 3 is 2.87 bits per heavy atom. The standard InChI is InChI=1S/C25H25N5O/c26-23(31)8-2-15-10-21-13-19-6-4-17(28-19)11-16-3-5-18(27-16)12-20-9-14-1-7-22(24(14)29-20)25(15)30-21/h3-6,9-12,20,22,27-28,30H,1-2,7-8,13H2,(H2,26,31). The highest BCUT2D eigenvalue weighted by molar-refractivity contribution is 6.09. The molecule has 156 valence electrons. The molecule has 3 aromatic rings. The van der Waals surface area contributed by atoms with E-state index in [1.807, 2.05) is 0 Å². The number of carbonyl (C=O) groups excluding carboxylic acids is 1. The Hall–Kier alpha value is -3.54. The van der Waals surface area contributed by atoms with Crippen LogP contribution in [-0.2, 0) is 17.6 Å². The van der Waals surface area contributed by atoms with Crippen molar-refractivity contribution in [1.82, 2.24) is 15.0 Å². The number of nitrogens with two attached hydrogens (primary N) is 1. The molecular formula is C25H25N5O. The summed E-state index contributed by atoms with van der Waals surface area (Å²) < 4.78 is 0. The van der Waals surface area contributed by atoms with Gasteiger partial charge in [0.1, 0.15) is 0 Å². The average Bonchev–Trinajstić information content (AvgIpc) is 3.51. The minimum atomic E-state index is -0.262. The third-order valence-electron chi connectivity index (χ3n) is 6.54. The largest absolute Gasteiger partial charge is 0.370 e. The smallest absolute Gasteiger partial charge is 0.217 e. The number of hydrogen-bond donors (Lipinski definition) is 4. The molecule has 2 unspecified atom stereocenters. The molecular weight excluding hydrogens is 386 g/mol. The molecule has 1 fully saturated rings. The van der Waals surface area contributed by atoms with Gasteiger partial charge in [0.25, 0.3) is 0 Å². The molecule has 3 aromatic heterocycles. The van der Waals surface area contributed by atoms with Crippen molar-refractivity contribution in [3.63, 3.8) is 0 Å². The molecule has 0 saturated heterocycles. The van der Waals surface area contributed by atoms with E-state index in [-0.39, 0.29) is 17.9 Å². The first-order valence-electron chi connectivity index (χ1n) is 10.9. The Kier molecular flexibility index (Phi) is 4.13. The van der Waals surface area contributed by atoms with Crippen LogP contribution in [0.4, 0.5) is 0 Å². The quantitative estimate of drug-likeness (QED) is 0.520. The molecule has 2 atom stereocenters. The van der Waals surface area contributed by atoms with Gasteiger partial charge in [-0.3, -0.25) is 9.79 Å². The van der Waals surface area contributed by atoms with Gasteiger partial charge in [0.05, 0.1) is 6.04 Å². The number of aromatic amines is 3. The number of nitrogens with one attached hydrogen (secondary N) is 3. The van der Waals surface area contributed by atoms with Gasteiger partial charge >= 0.3 is 0 Å². The van der Waals surface area contributed by atoms with Gasteiger partial charge in [-0.1, -0.05) is 6.08 Å². The van der Waals surface area contributed by atoms with Crippen LogP contribution in [0.2, 0.25) is 0 Å². The summed E-state index contributed by atoms with van der Waals surface area (Å²) in [4.78, 5) is 27.2. The zero-order chi connectivity index (χ0) is 20.9. The van der Waals surface area contributed by atoms with E-state index in [1.54, 1.807) is 0 Å². The molecule has 0 aromatic carbocycles. The molecule has 6 rings (SSSR count). The first-order valence-corrected chi connectivity index (χ1v) is 10.9. The van der Waals surface area contributed by atoms with Gasteiger partial charge in [-0.2, -0.15) is 0 Å². The number of allylic oxidation sites excluding steroid dienone is 1. The first-order chi connectivity index (χ1) is 15.1. The summed E-state index contributed by atoms with van der Waals surface area (Å²) in [7, 11) is 0.